The van der Waals surface area contributed by atoms with Crippen molar-refractivity contribution < 1.29 is 4.74 Å². The molecule has 4 nitrogen and oxygen atoms in total. The molecule has 0 spiro atoms. The molecule has 0 radical (unpaired) electrons. The molecule has 3 aromatic rings. The van der Waals surface area contributed by atoms with E-state index in [1.165, 1.54) is 0 Å². The molecule has 2 N–H and O–H groups in total. The van der Waals surface area contributed by atoms with Crippen LogP contribution in [0.15, 0.2) is 48.5 Å². The predicted octanol–water partition coefficient (Wildman–Crippen LogP) is 2.68. The summed E-state index contributed by atoms with van der Waals surface area (Å²) in [5.74, 6) is 1.38. The number of para-hydroxylation sites is 2. The van der Waals surface area contributed by atoms with Gasteiger partial charge in [-0.05, 0) is 29.8 Å². The minimum absolute atomic E-state index is 0.531. The highest BCUT2D eigenvalue weighted by Gasteiger charge is 2.08. The number of fused-ring (bicyclic) bond motifs is 1. The van der Waals surface area contributed by atoms with Gasteiger partial charge in [-0.2, -0.15) is 0 Å². The standard InChI is InChI=1S/C15H15N3O/c1-19-12-6-4-5-11(9-12)10-18-14-8-3-2-7-13(14)17-15(18)16/h2-9H,10H2,1H3,(H2,16,17). The van der Waals surface area contributed by atoms with Crippen LogP contribution in [0.25, 0.3) is 11.0 Å². The van der Waals surface area contributed by atoms with Crippen LogP contribution >= 0.6 is 0 Å². The van der Waals surface area contributed by atoms with Gasteiger partial charge in [0.15, 0.2) is 0 Å². The minimum Gasteiger partial charge on any atom is -0.497 e. The van der Waals surface area contributed by atoms with E-state index in [-0.39, 0.29) is 0 Å². The highest BCUT2D eigenvalue weighted by molar-refractivity contribution is 5.78. The summed E-state index contributed by atoms with van der Waals surface area (Å²) in [6.45, 7) is 0.684. The van der Waals surface area contributed by atoms with Crippen LogP contribution in [0.5, 0.6) is 5.75 Å². The highest BCUT2D eigenvalue weighted by Crippen LogP contribution is 2.20. The number of aromatic nitrogens is 2. The first-order valence-corrected chi connectivity index (χ1v) is 6.11. The Morgan fingerprint density at radius 1 is 1.16 bits per heavy atom. The third kappa shape index (κ3) is 2.12. The first-order chi connectivity index (χ1) is 9.28. The zero-order chi connectivity index (χ0) is 13.2. The molecule has 0 aliphatic rings. The largest absolute Gasteiger partial charge is 0.497 e. The molecule has 1 heterocycles. The number of benzene rings is 2. The molecule has 96 valence electrons. The maximum atomic E-state index is 5.99. The molecule has 0 aliphatic carbocycles. The average Bonchev–Trinajstić information content (AvgIpc) is 2.76. The average molecular weight is 253 g/mol. The fourth-order valence-electron chi connectivity index (χ4n) is 2.21. The Balaban J connectivity index is 2.02. The summed E-state index contributed by atoms with van der Waals surface area (Å²) in [5, 5.41) is 0. The quantitative estimate of drug-likeness (QED) is 0.780. The van der Waals surface area contributed by atoms with Crippen molar-refractivity contribution >= 4 is 17.0 Å². The van der Waals surface area contributed by atoms with E-state index in [9.17, 15) is 0 Å². The summed E-state index contributed by atoms with van der Waals surface area (Å²) in [6, 6.07) is 15.9. The topological polar surface area (TPSA) is 53.1 Å². The van der Waals surface area contributed by atoms with Crippen LogP contribution in [0.4, 0.5) is 5.95 Å². The summed E-state index contributed by atoms with van der Waals surface area (Å²) < 4.78 is 7.24. The molecule has 0 amide bonds. The van der Waals surface area contributed by atoms with Gasteiger partial charge in [0.05, 0.1) is 24.7 Å². The van der Waals surface area contributed by atoms with Gasteiger partial charge in [-0.15, -0.1) is 0 Å². The highest BCUT2D eigenvalue weighted by atomic mass is 16.5. The molecule has 0 atom stereocenters. The first-order valence-electron chi connectivity index (χ1n) is 6.11. The van der Waals surface area contributed by atoms with E-state index < -0.39 is 0 Å². The molecular formula is C15H15N3O. The van der Waals surface area contributed by atoms with E-state index >= 15 is 0 Å². The Morgan fingerprint density at radius 3 is 2.84 bits per heavy atom. The van der Waals surface area contributed by atoms with Gasteiger partial charge in [0.25, 0.3) is 0 Å². The van der Waals surface area contributed by atoms with E-state index in [1.54, 1.807) is 7.11 Å². The van der Waals surface area contributed by atoms with Gasteiger partial charge in [-0.25, -0.2) is 4.98 Å². The van der Waals surface area contributed by atoms with Crippen LogP contribution < -0.4 is 10.5 Å². The van der Waals surface area contributed by atoms with Crippen molar-refractivity contribution in [1.29, 1.82) is 0 Å². The van der Waals surface area contributed by atoms with Crippen LogP contribution in [0.2, 0.25) is 0 Å². The van der Waals surface area contributed by atoms with Crippen molar-refractivity contribution in [2.24, 2.45) is 0 Å². The second kappa shape index (κ2) is 4.65. The van der Waals surface area contributed by atoms with E-state index in [0.29, 0.717) is 12.5 Å². The molecule has 0 saturated carbocycles. The van der Waals surface area contributed by atoms with Crippen molar-refractivity contribution in [3.8, 4) is 5.75 Å². The van der Waals surface area contributed by atoms with Gasteiger partial charge < -0.3 is 15.0 Å². The molecule has 2 aromatic carbocycles. The summed E-state index contributed by atoms with van der Waals surface area (Å²) in [4.78, 5) is 4.36. The number of anilines is 1. The lowest BCUT2D eigenvalue weighted by Gasteiger charge is -2.08. The third-order valence-electron chi connectivity index (χ3n) is 3.16. The monoisotopic (exact) mass is 253 g/mol. The van der Waals surface area contributed by atoms with Crippen LogP contribution in [-0.4, -0.2) is 16.7 Å². The lowest BCUT2D eigenvalue weighted by atomic mass is 10.2. The zero-order valence-electron chi connectivity index (χ0n) is 10.7. The first kappa shape index (κ1) is 11.6. The smallest absolute Gasteiger partial charge is 0.201 e. The Morgan fingerprint density at radius 2 is 2.00 bits per heavy atom. The summed E-state index contributed by atoms with van der Waals surface area (Å²) in [7, 11) is 1.67. The number of imidazole rings is 1. The third-order valence-corrected chi connectivity index (χ3v) is 3.16. The SMILES string of the molecule is COc1cccc(Cn2c(N)nc3ccccc32)c1. The molecule has 0 fully saturated rings. The van der Waals surface area contributed by atoms with E-state index in [0.717, 1.165) is 22.3 Å². The van der Waals surface area contributed by atoms with Gasteiger partial charge in [-0.1, -0.05) is 24.3 Å². The lowest BCUT2D eigenvalue weighted by molar-refractivity contribution is 0.414. The van der Waals surface area contributed by atoms with Crippen molar-refractivity contribution in [2.75, 3.05) is 12.8 Å². The Labute approximate surface area is 111 Å². The molecule has 0 bridgehead atoms. The van der Waals surface area contributed by atoms with Gasteiger partial charge >= 0.3 is 0 Å². The number of ether oxygens (including phenoxy) is 1. The van der Waals surface area contributed by atoms with Gasteiger partial charge in [-0.3, -0.25) is 0 Å². The summed E-state index contributed by atoms with van der Waals surface area (Å²) >= 11 is 0. The predicted molar refractivity (Wildman–Crippen MR) is 76.2 cm³/mol. The number of hydrogen-bond donors (Lipinski definition) is 1. The molecule has 19 heavy (non-hydrogen) atoms. The number of nitrogens with zero attached hydrogens (tertiary/aromatic N) is 2. The number of methoxy groups -OCH3 is 1. The zero-order valence-corrected chi connectivity index (χ0v) is 10.7. The Bertz CT molecular complexity index is 718. The molecule has 3 rings (SSSR count). The normalized spacial score (nSPS) is 10.8. The van der Waals surface area contributed by atoms with Crippen LogP contribution in [-0.2, 0) is 6.54 Å². The second-order valence-electron chi connectivity index (χ2n) is 4.40. The fourth-order valence-corrected chi connectivity index (χ4v) is 2.21. The summed E-state index contributed by atoms with van der Waals surface area (Å²) in [6.07, 6.45) is 0. The van der Waals surface area contributed by atoms with Gasteiger partial charge in [0.2, 0.25) is 5.95 Å². The van der Waals surface area contributed by atoms with Crippen molar-refractivity contribution in [3.63, 3.8) is 0 Å². The van der Waals surface area contributed by atoms with Crippen LogP contribution in [0.3, 0.4) is 0 Å². The van der Waals surface area contributed by atoms with E-state index in [1.807, 2.05) is 47.0 Å². The van der Waals surface area contributed by atoms with Crippen LogP contribution in [0, 0.1) is 0 Å². The maximum Gasteiger partial charge on any atom is 0.201 e. The van der Waals surface area contributed by atoms with Crippen molar-refractivity contribution in [1.82, 2.24) is 9.55 Å². The Kier molecular flexibility index (Phi) is 2.83. The molecule has 0 aliphatic heterocycles. The summed E-state index contributed by atoms with van der Waals surface area (Å²) in [5.41, 5.74) is 9.09. The molecule has 0 saturated heterocycles. The second-order valence-corrected chi connectivity index (χ2v) is 4.40. The molecule has 4 heteroatoms. The molecular weight excluding hydrogens is 238 g/mol. The molecule has 0 unspecified atom stereocenters. The van der Waals surface area contributed by atoms with Crippen LogP contribution in [0.1, 0.15) is 5.56 Å². The number of rotatable bonds is 3. The number of nitrogens with two attached hydrogens (primary N) is 1. The van der Waals surface area contributed by atoms with Gasteiger partial charge in [0.1, 0.15) is 5.75 Å². The number of hydrogen-bond acceptors (Lipinski definition) is 3. The van der Waals surface area contributed by atoms with E-state index in [2.05, 4.69) is 11.1 Å². The maximum absolute atomic E-state index is 5.99. The van der Waals surface area contributed by atoms with E-state index in [4.69, 9.17) is 10.5 Å². The van der Waals surface area contributed by atoms with Crippen molar-refractivity contribution in [2.45, 2.75) is 6.54 Å². The number of nitrogen functional groups attached to an aromatic ring is 1. The van der Waals surface area contributed by atoms with Crippen molar-refractivity contribution in [3.05, 3.63) is 54.1 Å². The Hall–Kier alpha value is -2.49. The lowest BCUT2D eigenvalue weighted by Crippen LogP contribution is -2.04. The molecule has 1 aromatic heterocycles. The van der Waals surface area contributed by atoms with Gasteiger partial charge in [0, 0.05) is 0 Å². The minimum atomic E-state index is 0.531. The fraction of sp³-hybridized carbons (Fsp3) is 0.133.